The fraction of sp³-hybridized carbons (Fsp3) is 0.500. The van der Waals surface area contributed by atoms with Crippen molar-refractivity contribution in [2.75, 3.05) is 18.5 Å². The van der Waals surface area contributed by atoms with Gasteiger partial charge in [0.2, 0.25) is 5.91 Å². The standard InChI is InChI=1S/C18H22N2O3/c1-12-10-14-11-15(2-3-16(14)19-12)20-17(21)13-4-6-18(7-5-13)22-8-9-23-18/h2-3,10-11,13,19H,4-9H2,1H3,(H,20,21). The number of H-pyrrole nitrogens is 1. The highest BCUT2D eigenvalue weighted by atomic mass is 16.7. The van der Waals surface area contributed by atoms with Crippen LogP contribution in [0, 0.1) is 12.8 Å². The largest absolute Gasteiger partial charge is 0.359 e. The number of nitrogens with one attached hydrogen (secondary N) is 2. The minimum absolute atomic E-state index is 0.0390. The SMILES string of the molecule is Cc1cc2cc(NC(=O)C3CCC4(CC3)OCCO4)ccc2[nH]1. The van der Waals surface area contributed by atoms with Gasteiger partial charge in [-0.2, -0.15) is 0 Å². The lowest BCUT2D eigenvalue weighted by Gasteiger charge is -2.34. The Morgan fingerprint density at radius 1 is 1.22 bits per heavy atom. The van der Waals surface area contributed by atoms with Crippen molar-refractivity contribution < 1.29 is 14.3 Å². The van der Waals surface area contributed by atoms with Crippen molar-refractivity contribution in [2.24, 2.45) is 5.92 Å². The highest BCUT2D eigenvalue weighted by molar-refractivity contribution is 5.95. The Hall–Kier alpha value is -1.85. The first-order valence-electron chi connectivity index (χ1n) is 8.32. The molecule has 2 fully saturated rings. The highest BCUT2D eigenvalue weighted by Gasteiger charge is 2.41. The van der Waals surface area contributed by atoms with Gasteiger partial charge in [-0.3, -0.25) is 4.79 Å². The molecule has 2 aromatic rings. The lowest BCUT2D eigenvalue weighted by molar-refractivity contribution is -0.182. The summed E-state index contributed by atoms with van der Waals surface area (Å²) in [6, 6.07) is 8.06. The summed E-state index contributed by atoms with van der Waals surface area (Å²) in [5, 5.41) is 4.18. The summed E-state index contributed by atoms with van der Waals surface area (Å²) in [4.78, 5) is 15.8. The van der Waals surface area contributed by atoms with Crippen LogP contribution >= 0.6 is 0 Å². The van der Waals surface area contributed by atoms with Crippen molar-refractivity contribution >= 4 is 22.5 Å². The number of carbonyl (C=O) groups excluding carboxylic acids is 1. The van der Waals surface area contributed by atoms with Crippen molar-refractivity contribution in [3.05, 3.63) is 30.0 Å². The number of benzene rings is 1. The van der Waals surface area contributed by atoms with E-state index < -0.39 is 5.79 Å². The number of rotatable bonds is 2. The van der Waals surface area contributed by atoms with E-state index in [1.54, 1.807) is 0 Å². The summed E-state index contributed by atoms with van der Waals surface area (Å²) in [7, 11) is 0. The predicted octanol–water partition coefficient (Wildman–Crippen LogP) is 3.35. The second kappa shape index (κ2) is 5.65. The van der Waals surface area contributed by atoms with Crippen LogP contribution in [0.25, 0.3) is 10.9 Å². The van der Waals surface area contributed by atoms with Gasteiger partial charge in [-0.25, -0.2) is 0 Å². The Labute approximate surface area is 135 Å². The van der Waals surface area contributed by atoms with Crippen LogP contribution in [0.2, 0.25) is 0 Å². The van der Waals surface area contributed by atoms with Crippen molar-refractivity contribution in [3.63, 3.8) is 0 Å². The maximum atomic E-state index is 12.5. The molecule has 1 aromatic heterocycles. The zero-order chi connectivity index (χ0) is 15.9. The predicted molar refractivity (Wildman–Crippen MR) is 88.3 cm³/mol. The Morgan fingerprint density at radius 2 is 1.96 bits per heavy atom. The normalized spacial score (nSPS) is 21.1. The van der Waals surface area contributed by atoms with Gasteiger partial charge in [0.05, 0.1) is 13.2 Å². The molecule has 1 saturated carbocycles. The molecule has 1 saturated heterocycles. The molecule has 0 atom stereocenters. The van der Waals surface area contributed by atoms with E-state index in [1.165, 1.54) is 0 Å². The van der Waals surface area contributed by atoms with Gasteiger partial charge in [-0.1, -0.05) is 0 Å². The Balaban J connectivity index is 1.41. The summed E-state index contributed by atoms with van der Waals surface area (Å²) in [5.41, 5.74) is 3.07. The molecule has 5 nitrogen and oxygen atoms in total. The third-order valence-electron chi connectivity index (χ3n) is 4.95. The number of fused-ring (bicyclic) bond motifs is 1. The van der Waals surface area contributed by atoms with Crippen LogP contribution in [0.1, 0.15) is 31.4 Å². The number of hydrogen-bond acceptors (Lipinski definition) is 3. The van der Waals surface area contributed by atoms with Gasteiger partial charge in [-0.05, 0) is 44.0 Å². The van der Waals surface area contributed by atoms with Gasteiger partial charge in [0, 0.05) is 41.0 Å². The first-order valence-corrected chi connectivity index (χ1v) is 8.32. The molecular weight excluding hydrogens is 292 g/mol. The van der Waals surface area contributed by atoms with E-state index in [0.29, 0.717) is 13.2 Å². The van der Waals surface area contributed by atoms with Crippen LogP contribution in [0.4, 0.5) is 5.69 Å². The Kier molecular flexibility index (Phi) is 3.62. The summed E-state index contributed by atoms with van der Waals surface area (Å²) in [5.74, 6) is -0.264. The van der Waals surface area contributed by atoms with Crippen LogP contribution in [-0.4, -0.2) is 29.9 Å². The van der Waals surface area contributed by atoms with Crippen LogP contribution in [0.15, 0.2) is 24.3 Å². The molecule has 1 aliphatic heterocycles. The minimum atomic E-state index is -0.404. The second-order valence-electron chi connectivity index (χ2n) is 6.63. The van der Waals surface area contributed by atoms with Crippen molar-refractivity contribution in [1.82, 2.24) is 4.98 Å². The van der Waals surface area contributed by atoms with Crippen LogP contribution in [0.3, 0.4) is 0 Å². The number of aryl methyl sites for hydroxylation is 1. The topological polar surface area (TPSA) is 63.4 Å². The summed E-state index contributed by atoms with van der Waals surface area (Å²) >= 11 is 0. The molecule has 1 aliphatic carbocycles. The monoisotopic (exact) mass is 314 g/mol. The number of amides is 1. The number of aromatic nitrogens is 1. The molecule has 0 radical (unpaired) electrons. The maximum absolute atomic E-state index is 12.5. The third kappa shape index (κ3) is 2.86. The number of ether oxygens (including phenoxy) is 2. The molecule has 23 heavy (non-hydrogen) atoms. The van der Waals surface area contributed by atoms with E-state index in [1.807, 2.05) is 25.1 Å². The van der Waals surface area contributed by atoms with Crippen molar-refractivity contribution in [3.8, 4) is 0 Å². The van der Waals surface area contributed by atoms with Crippen molar-refractivity contribution in [2.45, 2.75) is 38.4 Å². The molecule has 1 aromatic carbocycles. The summed E-state index contributed by atoms with van der Waals surface area (Å²) in [6.45, 7) is 3.38. The molecule has 0 unspecified atom stereocenters. The molecule has 2 N–H and O–H groups in total. The van der Waals surface area contributed by atoms with Gasteiger partial charge in [0.15, 0.2) is 5.79 Å². The minimum Gasteiger partial charge on any atom is -0.359 e. The zero-order valence-electron chi connectivity index (χ0n) is 13.4. The van der Waals surface area contributed by atoms with Crippen LogP contribution in [0.5, 0.6) is 0 Å². The van der Waals surface area contributed by atoms with E-state index in [9.17, 15) is 4.79 Å². The Morgan fingerprint density at radius 3 is 2.70 bits per heavy atom. The maximum Gasteiger partial charge on any atom is 0.227 e. The summed E-state index contributed by atoms with van der Waals surface area (Å²) < 4.78 is 11.4. The second-order valence-corrected chi connectivity index (χ2v) is 6.63. The van der Waals surface area contributed by atoms with E-state index >= 15 is 0 Å². The first kappa shape index (κ1) is 14.7. The third-order valence-corrected chi connectivity index (χ3v) is 4.95. The van der Waals surface area contributed by atoms with Crippen molar-refractivity contribution in [1.29, 1.82) is 0 Å². The molecule has 5 heteroatoms. The number of carbonyl (C=O) groups is 1. The molecule has 0 bridgehead atoms. The molecule has 122 valence electrons. The van der Waals surface area contributed by atoms with Gasteiger partial charge in [0.1, 0.15) is 0 Å². The molecular formula is C18H22N2O3. The average Bonchev–Trinajstić information content (AvgIpc) is 3.13. The molecule has 1 spiro atoms. The molecule has 2 heterocycles. The van der Waals surface area contributed by atoms with Gasteiger partial charge in [-0.15, -0.1) is 0 Å². The fourth-order valence-corrected chi connectivity index (χ4v) is 3.71. The van der Waals surface area contributed by atoms with E-state index in [4.69, 9.17) is 9.47 Å². The van der Waals surface area contributed by atoms with Gasteiger partial charge in [0.25, 0.3) is 0 Å². The lowest BCUT2D eigenvalue weighted by Crippen LogP contribution is -2.38. The van der Waals surface area contributed by atoms with Gasteiger partial charge < -0.3 is 19.8 Å². The van der Waals surface area contributed by atoms with Crippen LogP contribution in [-0.2, 0) is 14.3 Å². The van der Waals surface area contributed by atoms with E-state index in [2.05, 4.69) is 16.4 Å². The zero-order valence-corrected chi connectivity index (χ0v) is 13.4. The number of aromatic amines is 1. The van der Waals surface area contributed by atoms with E-state index in [-0.39, 0.29) is 11.8 Å². The quantitative estimate of drug-likeness (QED) is 0.893. The fourth-order valence-electron chi connectivity index (χ4n) is 3.71. The van der Waals surface area contributed by atoms with Crippen LogP contribution < -0.4 is 5.32 Å². The average molecular weight is 314 g/mol. The van der Waals surface area contributed by atoms with E-state index in [0.717, 1.165) is 48.0 Å². The smallest absolute Gasteiger partial charge is 0.227 e. The molecule has 2 aliphatic rings. The number of anilines is 1. The molecule has 4 rings (SSSR count). The summed E-state index contributed by atoms with van der Waals surface area (Å²) in [6.07, 6.45) is 3.25. The highest BCUT2D eigenvalue weighted by Crippen LogP contribution is 2.38. The first-order chi connectivity index (χ1) is 11.1. The number of hydrogen-bond donors (Lipinski definition) is 2. The molecule has 1 amide bonds. The Bertz CT molecular complexity index is 721. The lowest BCUT2D eigenvalue weighted by atomic mass is 9.84. The van der Waals surface area contributed by atoms with Gasteiger partial charge >= 0.3 is 0 Å².